The average molecular weight is 256 g/mol. The number of hydrogen-bond donors (Lipinski definition) is 1. The van der Waals surface area contributed by atoms with Gasteiger partial charge in [-0.25, -0.2) is 0 Å². The Morgan fingerprint density at radius 3 is 2.89 bits per heavy atom. The predicted molar refractivity (Wildman–Crippen MR) is 72.6 cm³/mol. The molecule has 3 aromatic rings. The van der Waals surface area contributed by atoms with Gasteiger partial charge in [-0.1, -0.05) is 12.1 Å². The van der Waals surface area contributed by atoms with Gasteiger partial charge in [0.25, 0.3) is 0 Å². The molecule has 1 aromatic carbocycles. The van der Waals surface area contributed by atoms with Crippen LogP contribution in [0.15, 0.2) is 30.5 Å². The van der Waals surface area contributed by atoms with Crippen molar-refractivity contribution in [3.63, 3.8) is 0 Å². The highest BCUT2D eigenvalue weighted by atomic mass is 15.6. The maximum absolute atomic E-state index is 5.61. The summed E-state index contributed by atoms with van der Waals surface area (Å²) in [5.74, 6) is 0.712. The van der Waals surface area contributed by atoms with E-state index in [2.05, 4.69) is 44.2 Å². The summed E-state index contributed by atoms with van der Waals surface area (Å²) < 4.78 is 2.13. The summed E-state index contributed by atoms with van der Waals surface area (Å²) in [6, 6.07) is 8.53. The van der Waals surface area contributed by atoms with Crippen molar-refractivity contribution in [1.82, 2.24) is 24.8 Å². The zero-order valence-electron chi connectivity index (χ0n) is 10.8. The van der Waals surface area contributed by atoms with Crippen LogP contribution in [0.3, 0.4) is 0 Å². The normalized spacial score (nSPS) is 11.3. The van der Waals surface area contributed by atoms with E-state index in [1.165, 1.54) is 21.3 Å². The second-order valence-corrected chi connectivity index (χ2v) is 4.57. The van der Waals surface area contributed by atoms with E-state index in [1.807, 2.05) is 6.20 Å². The van der Waals surface area contributed by atoms with Gasteiger partial charge in [-0.2, -0.15) is 4.80 Å². The highest BCUT2D eigenvalue weighted by molar-refractivity contribution is 5.80. The van der Waals surface area contributed by atoms with E-state index in [9.17, 15) is 0 Å². The molecule has 6 heteroatoms. The van der Waals surface area contributed by atoms with E-state index < -0.39 is 0 Å². The number of nitrogens with zero attached hydrogens (tertiary/aromatic N) is 5. The number of rotatable bonds is 4. The lowest BCUT2D eigenvalue weighted by atomic mass is 10.1. The fraction of sp³-hybridized carbons (Fsp3) is 0.308. The number of benzene rings is 1. The van der Waals surface area contributed by atoms with Crippen molar-refractivity contribution in [1.29, 1.82) is 0 Å². The summed E-state index contributed by atoms with van der Waals surface area (Å²) in [6.45, 7) is 1.29. The molecule has 0 aliphatic carbocycles. The van der Waals surface area contributed by atoms with E-state index in [1.54, 1.807) is 7.05 Å². The quantitative estimate of drug-likeness (QED) is 0.746. The van der Waals surface area contributed by atoms with Crippen LogP contribution in [0.4, 0.5) is 0 Å². The van der Waals surface area contributed by atoms with Gasteiger partial charge in [-0.05, 0) is 41.3 Å². The summed E-state index contributed by atoms with van der Waals surface area (Å²) in [5, 5.41) is 13.3. The van der Waals surface area contributed by atoms with Crippen LogP contribution in [-0.2, 0) is 20.0 Å². The van der Waals surface area contributed by atoms with E-state index in [-0.39, 0.29) is 0 Å². The number of hydrogen-bond acceptors (Lipinski definition) is 4. The predicted octanol–water partition coefficient (Wildman–Crippen LogP) is 0.714. The van der Waals surface area contributed by atoms with Crippen molar-refractivity contribution in [3.05, 3.63) is 41.9 Å². The third kappa shape index (κ3) is 2.34. The first-order valence-corrected chi connectivity index (χ1v) is 6.27. The fourth-order valence-electron chi connectivity index (χ4n) is 2.23. The minimum absolute atomic E-state index is 0.628. The van der Waals surface area contributed by atoms with Gasteiger partial charge in [0.05, 0.1) is 13.6 Å². The molecule has 2 N–H and O–H groups in total. The smallest absolute Gasteiger partial charge is 0.194 e. The van der Waals surface area contributed by atoms with E-state index in [0.29, 0.717) is 18.9 Å². The summed E-state index contributed by atoms with van der Waals surface area (Å²) in [6.07, 6.45) is 2.94. The monoisotopic (exact) mass is 256 g/mol. The Bertz CT molecular complexity index is 696. The molecule has 98 valence electrons. The minimum Gasteiger partial charge on any atom is -0.340 e. The molecule has 3 rings (SSSR count). The number of tetrazole rings is 1. The summed E-state index contributed by atoms with van der Waals surface area (Å²) in [5.41, 5.74) is 8.04. The van der Waals surface area contributed by atoms with Crippen molar-refractivity contribution in [2.24, 2.45) is 12.8 Å². The van der Waals surface area contributed by atoms with Crippen LogP contribution in [0.1, 0.15) is 11.4 Å². The molecular formula is C13H16N6. The third-order valence-corrected chi connectivity index (χ3v) is 3.13. The molecule has 6 nitrogen and oxygen atoms in total. The average Bonchev–Trinajstić information content (AvgIpc) is 2.98. The molecule has 0 spiro atoms. The summed E-state index contributed by atoms with van der Waals surface area (Å²) in [7, 11) is 1.77. The standard InChI is InChI=1S/C13H16N6/c1-18-16-13(15-17-18)9-19-7-5-11-3-2-10(4-6-14)8-12(11)19/h2-3,5,7-8H,4,6,9,14H2,1H3. The first-order chi connectivity index (χ1) is 9.26. The highest BCUT2D eigenvalue weighted by Crippen LogP contribution is 2.18. The number of aryl methyl sites for hydroxylation is 1. The van der Waals surface area contributed by atoms with Gasteiger partial charge in [-0.3, -0.25) is 0 Å². The van der Waals surface area contributed by atoms with E-state index in [0.717, 1.165) is 6.42 Å². The molecule has 0 fully saturated rings. The Morgan fingerprint density at radius 2 is 2.16 bits per heavy atom. The van der Waals surface area contributed by atoms with E-state index >= 15 is 0 Å². The van der Waals surface area contributed by atoms with Crippen molar-refractivity contribution >= 4 is 10.9 Å². The maximum Gasteiger partial charge on any atom is 0.194 e. The van der Waals surface area contributed by atoms with Crippen LogP contribution >= 0.6 is 0 Å². The molecule has 19 heavy (non-hydrogen) atoms. The summed E-state index contributed by atoms with van der Waals surface area (Å²) in [4.78, 5) is 1.47. The van der Waals surface area contributed by atoms with Gasteiger partial charge in [0.1, 0.15) is 0 Å². The van der Waals surface area contributed by atoms with Gasteiger partial charge in [0.2, 0.25) is 0 Å². The molecule has 0 radical (unpaired) electrons. The fourth-order valence-corrected chi connectivity index (χ4v) is 2.23. The van der Waals surface area contributed by atoms with E-state index in [4.69, 9.17) is 5.73 Å². The van der Waals surface area contributed by atoms with Crippen LogP contribution < -0.4 is 5.73 Å². The second kappa shape index (κ2) is 4.81. The third-order valence-electron chi connectivity index (χ3n) is 3.13. The van der Waals surface area contributed by atoms with Crippen molar-refractivity contribution < 1.29 is 0 Å². The first kappa shape index (κ1) is 11.9. The lowest BCUT2D eigenvalue weighted by Gasteiger charge is -2.04. The highest BCUT2D eigenvalue weighted by Gasteiger charge is 2.06. The lowest BCUT2D eigenvalue weighted by molar-refractivity contribution is 0.625. The molecule has 2 heterocycles. The Balaban J connectivity index is 1.96. The number of nitrogens with two attached hydrogens (primary N) is 1. The van der Waals surface area contributed by atoms with Crippen LogP contribution in [0.2, 0.25) is 0 Å². The molecule has 0 aliphatic heterocycles. The molecule has 0 bridgehead atoms. The Morgan fingerprint density at radius 1 is 1.26 bits per heavy atom. The lowest BCUT2D eigenvalue weighted by Crippen LogP contribution is -2.04. The second-order valence-electron chi connectivity index (χ2n) is 4.57. The van der Waals surface area contributed by atoms with Gasteiger partial charge >= 0.3 is 0 Å². The zero-order chi connectivity index (χ0) is 13.2. The Hall–Kier alpha value is -2.21. The minimum atomic E-state index is 0.628. The zero-order valence-corrected chi connectivity index (χ0v) is 10.8. The first-order valence-electron chi connectivity index (χ1n) is 6.27. The molecule has 0 atom stereocenters. The van der Waals surface area contributed by atoms with Gasteiger partial charge in [-0.15, -0.1) is 10.2 Å². The SMILES string of the molecule is Cn1nnc(Cn2ccc3ccc(CCN)cc32)n1. The van der Waals surface area contributed by atoms with Crippen LogP contribution in [0, 0.1) is 0 Å². The Kier molecular flexibility index (Phi) is 3.00. The van der Waals surface area contributed by atoms with Gasteiger partial charge < -0.3 is 10.3 Å². The topological polar surface area (TPSA) is 74.5 Å². The molecule has 0 saturated carbocycles. The number of fused-ring (bicyclic) bond motifs is 1. The molecule has 0 unspecified atom stereocenters. The van der Waals surface area contributed by atoms with Crippen LogP contribution in [0.25, 0.3) is 10.9 Å². The van der Waals surface area contributed by atoms with Crippen molar-refractivity contribution in [2.45, 2.75) is 13.0 Å². The number of aromatic nitrogens is 5. The van der Waals surface area contributed by atoms with Crippen LogP contribution in [-0.4, -0.2) is 31.3 Å². The van der Waals surface area contributed by atoms with Crippen molar-refractivity contribution in [3.8, 4) is 0 Å². The summed E-state index contributed by atoms with van der Waals surface area (Å²) >= 11 is 0. The van der Waals surface area contributed by atoms with Crippen LogP contribution in [0.5, 0.6) is 0 Å². The van der Waals surface area contributed by atoms with Gasteiger partial charge in [0.15, 0.2) is 5.82 Å². The molecule has 0 aliphatic rings. The molecule has 2 aromatic heterocycles. The largest absolute Gasteiger partial charge is 0.340 e. The molecule has 0 amide bonds. The Labute approximate surface area is 110 Å². The molecular weight excluding hydrogens is 240 g/mol. The molecule has 0 saturated heterocycles. The maximum atomic E-state index is 5.61. The van der Waals surface area contributed by atoms with Gasteiger partial charge in [0, 0.05) is 11.7 Å². The van der Waals surface area contributed by atoms with Crippen molar-refractivity contribution in [2.75, 3.05) is 6.54 Å².